The van der Waals surface area contributed by atoms with Gasteiger partial charge in [0.05, 0.1) is 7.11 Å². The lowest BCUT2D eigenvalue weighted by atomic mass is 10.1. The Morgan fingerprint density at radius 1 is 1.08 bits per heavy atom. The second-order valence-corrected chi connectivity index (χ2v) is 9.06. The Balaban J connectivity index is 2.20. The van der Waals surface area contributed by atoms with Crippen LogP contribution in [0, 0.1) is 0 Å². The molecule has 2 rings (SSSR count). The highest BCUT2D eigenvalue weighted by molar-refractivity contribution is 7.93. The van der Waals surface area contributed by atoms with E-state index in [-0.39, 0.29) is 26.9 Å². The highest BCUT2D eigenvalue weighted by atomic mass is 32.2. The lowest BCUT2D eigenvalue weighted by molar-refractivity contribution is 0.0602. The summed E-state index contributed by atoms with van der Waals surface area (Å²) in [5.41, 5.74) is 0.314. The van der Waals surface area contributed by atoms with Crippen LogP contribution >= 0.6 is 11.3 Å². The van der Waals surface area contributed by atoms with Gasteiger partial charge < -0.3 is 10.1 Å². The molecule has 0 aliphatic carbocycles. The Morgan fingerprint density at radius 3 is 2.23 bits per heavy atom. The molecule has 0 saturated heterocycles. The van der Waals surface area contributed by atoms with E-state index in [2.05, 4.69) is 14.8 Å². The fourth-order valence-electron chi connectivity index (χ4n) is 2.06. The summed E-state index contributed by atoms with van der Waals surface area (Å²) >= 11 is 0.985. The Kier molecular flexibility index (Phi) is 5.72. The van der Waals surface area contributed by atoms with Crippen LogP contribution in [0.3, 0.4) is 0 Å². The van der Waals surface area contributed by atoms with E-state index in [9.17, 15) is 18.0 Å². The second kappa shape index (κ2) is 7.46. The number of carbonyl (C=O) groups is 2. The van der Waals surface area contributed by atoms with E-state index in [1.165, 1.54) is 42.8 Å². The number of thiophene rings is 1. The van der Waals surface area contributed by atoms with Crippen LogP contribution in [0.15, 0.2) is 40.6 Å². The highest BCUT2D eigenvalue weighted by Gasteiger charge is 2.25. The number of methoxy groups -OCH3 is 1. The molecule has 7 nitrogen and oxygen atoms in total. The van der Waals surface area contributed by atoms with E-state index >= 15 is 0 Å². The van der Waals surface area contributed by atoms with Gasteiger partial charge in [-0.25, -0.2) is 13.2 Å². The van der Waals surface area contributed by atoms with Gasteiger partial charge >= 0.3 is 5.97 Å². The Morgan fingerprint density at radius 2 is 1.69 bits per heavy atom. The van der Waals surface area contributed by atoms with Crippen LogP contribution < -0.4 is 10.0 Å². The largest absolute Gasteiger partial charge is 0.465 e. The fourth-order valence-corrected chi connectivity index (χ4v) is 4.46. The number of hydrogen-bond donors (Lipinski definition) is 2. The van der Waals surface area contributed by atoms with Gasteiger partial charge in [0, 0.05) is 16.8 Å². The van der Waals surface area contributed by atoms with E-state index in [1.54, 1.807) is 0 Å². The van der Waals surface area contributed by atoms with Crippen molar-refractivity contribution in [1.29, 1.82) is 0 Å². The van der Waals surface area contributed by atoms with E-state index in [4.69, 9.17) is 0 Å². The van der Waals surface area contributed by atoms with Gasteiger partial charge in [0.1, 0.15) is 9.77 Å². The molecule has 2 aromatic rings. The lowest BCUT2D eigenvalue weighted by Crippen LogP contribution is -2.40. The number of nitrogens with one attached hydrogen (secondary N) is 2. The van der Waals surface area contributed by atoms with E-state index < -0.39 is 16.0 Å². The third-order valence-electron chi connectivity index (χ3n) is 3.18. The summed E-state index contributed by atoms with van der Waals surface area (Å²) < 4.78 is 32.0. The van der Waals surface area contributed by atoms with Crippen molar-refractivity contribution in [1.82, 2.24) is 5.32 Å². The average Bonchev–Trinajstić information content (AvgIpc) is 3.03. The molecular formula is C17H20N2O5S2. The number of anilines is 1. The van der Waals surface area contributed by atoms with Crippen LogP contribution in [0.4, 0.5) is 5.69 Å². The van der Waals surface area contributed by atoms with Crippen molar-refractivity contribution < 1.29 is 22.7 Å². The first kappa shape index (κ1) is 19.9. The van der Waals surface area contributed by atoms with Crippen LogP contribution in [0.2, 0.25) is 0 Å². The number of sulfonamides is 1. The second-order valence-electron chi connectivity index (χ2n) is 6.49. The molecule has 0 unspecified atom stereocenters. The molecule has 1 aromatic heterocycles. The Bertz CT molecular complexity index is 909. The number of ether oxygens (including phenoxy) is 1. The predicted octanol–water partition coefficient (Wildman–Crippen LogP) is 2.86. The maximum Gasteiger partial charge on any atom is 0.349 e. The molecule has 0 aliphatic heterocycles. The number of rotatable bonds is 5. The van der Waals surface area contributed by atoms with Crippen LogP contribution in [0.25, 0.3) is 0 Å². The molecule has 0 spiro atoms. The van der Waals surface area contributed by atoms with E-state index in [0.29, 0.717) is 5.56 Å². The Hall–Kier alpha value is -2.39. The van der Waals surface area contributed by atoms with Crippen molar-refractivity contribution in [2.24, 2.45) is 0 Å². The molecule has 0 bridgehead atoms. The van der Waals surface area contributed by atoms with Crippen molar-refractivity contribution in [3.63, 3.8) is 0 Å². The summed E-state index contributed by atoms with van der Waals surface area (Å²) in [6, 6.07) is 7.35. The SMILES string of the molecule is COC(=O)c1sccc1S(=O)(=O)Nc1ccc(C(=O)NC(C)(C)C)cc1. The topological polar surface area (TPSA) is 102 Å². The minimum atomic E-state index is -3.96. The van der Waals surface area contributed by atoms with Crippen LogP contribution in [-0.4, -0.2) is 32.9 Å². The summed E-state index contributed by atoms with van der Waals surface area (Å²) in [7, 11) is -2.77. The van der Waals surface area contributed by atoms with Crippen molar-refractivity contribution in [3.8, 4) is 0 Å². The third-order valence-corrected chi connectivity index (χ3v) is 5.62. The van der Waals surface area contributed by atoms with Crippen LogP contribution in [0.1, 0.15) is 40.8 Å². The zero-order valence-corrected chi connectivity index (χ0v) is 16.5. The summed E-state index contributed by atoms with van der Waals surface area (Å²) in [5, 5.41) is 4.33. The molecule has 0 atom stereocenters. The molecule has 9 heteroatoms. The van der Waals surface area contributed by atoms with Gasteiger partial charge in [0.2, 0.25) is 0 Å². The summed E-state index contributed by atoms with van der Waals surface area (Å²) in [4.78, 5) is 23.6. The third kappa shape index (κ3) is 4.83. The van der Waals surface area contributed by atoms with Crippen molar-refractivity contribution in [2.75, 3.05) is 11.8 Å². The van der Waals surface area contributed by atoms with Crippen LogP contribution in [-0.2, 0) is 14.8 Å². The van der Waals surface area contributed by atoms with Gasteiger partial charge in [0.25, 0.3) is 15.9 Å². The molecule has 140 valence electrons. The smallest absolute Gasteiger partial charge is 0.349 e. The summed E-state index contributed by atoms with van der Waals surface area (Å²) in [6.07, 6.45) is 0. The number of benzene rings is 1. The van der Waals surface area contributed by atoms with Crippen LogP contribution in [0.5, 0.6) is 0 Å². The zero-order chi connectivity index (χ0) is 19.5. The number of carbonyl (C=O) groups excluding carboxylic acids is 2. The molecule has 26 heavy (non-hydrogen) atoms. The van der Waals surface area contributed by atoms with Gasteiger partial charge in [-0.05, 0) is 56.5 Å². The number of hydrogen-bond acceptors (Lipinski definition) is 6. The highest BCUT2D eigenvalue weighted by Crippen LogP contribution is 2.25. The van der Waals surface area contributed by atoms with E-state index in [1.807, 2.05) is 20.8 Å². The first-order chi connectivity index (χ1) is 12.0. The van der Waals surface area contributed by atoms with Gasteiger partial charge in [-0.2, -0.15) is 0 Å². The molecule has 1 amide bonds. The first-order valence-corrected chi connectivity index (χ1v) is 10.0. The lowest BCUT2D eigenvalue weighted by Gasteiger charge is -2.20. The summed E-state index contributed by atoms with van der Waals surface area (Å²) in [5.74, 6) is -0.965. The van der Waals surface area contributed by atoms with Crippen molar-refractivity contribution in [2.45, 2.75) is 31.2 Å². The van der Waals surface area contributed by atoms with Gasteiger partial charge in [-0.1, -0.05) is 0 Å². The average molecular weight is 396 g/mol. The predicted molar refractivity (Wildman–Crippen MR) is 100 cm³/mol. The maximum atomic E-state index is 12.5. The zero-order valence-electron chi connectivity index (χ0n) is 14.8. The molecule has 1 heterocycles. The van der Waals surface area contributed by atoms with Crippen molar-refractivity contribution in [3.05, 3.63) is 46.2 Å². The Labute approximate surface area is 156 Å². The maximum absolute atomic E-state index is 12.5. The molecular weight excluding hydrogens is 376 g/mol. The standard InChI is InChI=1S/C17H20N2O5S2/c1-17(2,3)18-15(20)11-5-7-12(8-6-11)19-26(22,23)13-9-10-25-14(13)16(21)24-4/h5-10,19H,1-4H3,(H,18,20). The number of esters is 1. The van der Waals surface area contributed by atoms with Gasteiger partial charge in [0.15, 0.2) is 0 Å². The van der Waals surface area contributed by atoms with Gasteiger partial charge in [-0.3, -0.25) is 9.52 Å². The normalized spacial score (nSPS) is 11.7. The molecule has 1 aromatic carbocycles. The molecule has 0 fully saturated rings. The monoisotopic (exact) mass is 396 g/mol. The quantitative estimate of drug-likeness (QED) is 0.757. The van der Waals surface area contributed by atoms with Gasteiger partial charge in [-0.15, -0.1) is 11.3 Å². The minimum Gasteiger partial charge on any atom is -0.465 e. The summed E-state index contributed by atoms with van der Waals surface area (Å²) in [6.45, 7) is 5.60. The molecule has 0 saturated carbocycles. The first-order valence-electron chi connectivity index (χ1n) is 7.65. The molecule has 0 aliphatic rings. The molecule has 2 N–H and O–H groups in total. The van der Waals surface area contributed by atoms with Crippen molar-refractivity contribution >= 4 is 38.9 Å². The number of amides is 1. The fraction of sp³-hybridized carbons (Fsp3) is 0.294. The minimum absolute atomic E-state index is 0.00109. The molecule has 0 radical (unpaired) electrons. The van der Waals surface area contributed by atoms with E-state index in [0.717, 1.165) is 11.3 Å².